The van der Waals surface area contributed by atoms with Crippen molar-refractivity contribution in [2.45, 2.75) is 44.7 Å². The lowest BCUT2D eigenvalue weighted by molar-refractivity contribution is 0.0698. The smallest absolute Gasteiger partial charge is 0.343 e. The van der Waals surface area contributed by atoms with Crippen LogP contribution >= 0.6 is 11.6 Å². The van der Waals surface area contributed by atoms with E-state index in [0.717, 1.165) is 18.7 Å². The van der Waals surface area contributed by atoms with Gasteiger partial charge in [0.25, 0.3) is 0 Å². The minimum Gasteiger partial charge on any atom is -0.477 e. The van der Waals surface area contributed by atoms with Gasteiger partial charge in [0.05, 0.1) is 6.04 Å². The highest BCUT2D eigenvalue weighted by atomic mass is 35.5. The van der Waals surface area contributed by atoms with Crippen LogP contribution in [0.5, 0.6) is 0 Å². The van der Waals surface area contributed by atoms with Gasteiger partial charge >= 0.3 is 5.97 Å². The zero-order valence-corrected chi connectivity index (χ0v) is 16.1. The summed E-state index contributed by atoms with van der Waals surface area (Å²) in [7, 11) is 0. The highest BCUT2D eigenvalue weighted by Gasteiger charge is 2.27. The number of anilines is 1. The molecule has 0 spiro atoms. The first-order valence-electron chi connectivity index (χ1n) is 9.19. The number of rotatable bonds is 6. The summed E-state index contributed by atoms with van der Waals surface area (Å²) in [6, 6.07) is 6.83. The van der Waals surface area contributed by atoms with Crippen LogP contribution in [-0.4, -0.2) is 31.0 Å². The molecule has 1 aromatic carbocycles. The average molecular weight is 402 g/mol. The second-order valence-corrected chi connectivity index (χ2v) is 7.38. The van der Waals surface area contributed by atoms with Gasteiger partial charge in [0.15, 0.2) is 23.0 Å². The van der Waals surface area contributed by atoms with Gasteiger partial charge in [0, 0.05) is 16.6 Å². The zero-order valence-electron chi connectivity index (χ0n) is 15.3. The molecule has 4 rings (SSSR count). The quantitative estimate of drug-likeness (QED) is 0.622. The third-order valence-electron chi connectivity index (χ3n) is 5.07. The fourth-order valence-corrected chi connectivity index (χ4v) is 3.81. The minimum atomic E-state index is -1.13. The first kappa shape index (κ1) is 18.5. The topological polar surface area (TPSA) is 106 Å². The van der Waals surface area contributed by atoms with Crippen molar-refractivity contribution >= 4 is 23.4 Å². The molecule has 1 fully saturated rings. The molecule has 3 aromatic rings. The Labute approximate surface area is 166 Å². The lowest BCUT2D eigenvalue weighted by Crippen LogP contribution is -2.17. The Morgan fingerprint density at radius 2 is 2.04 bits per heavy atom. The Morgan fingerprint density at radius 3 is 2.71 bits per heavy atom. The van der Waals surface area contributed by atoms with Crippen LogP contribution in [0.4, 0.5) is 5.82 Å². The molecule has 1 atom stereocenters. The molecule has 8 nitrogen and oxygen atoms in total. The molecular weight excluding hydrogens is 382 g/mol. The van der Waals surface area contributed by atoms with Crippen LogP contribution in [0.2, 0.25) is 5.02 Å². The predicted octanol–water partition coefficient (Wildman–Crippen LogP) is 4.57. The molecule has 9 heteroatoms. The van der Waals surface area contributed by atoms with E-state index in [1.807, 2.05) is 6.92 Å². The Bertz CT molecular complexity index is 976. The summed E-state index contributed by atoms with van der Waals surface area (Å²) in [6.45, 7) is 1.90. The number of nitrogens with zero attached hydrogens (tertiary/aromatic N) is 4. The minimum absolute atomic E-state index is 0.0268. The van der Waals surface area contributed by atoms with Crippen molar-refractivity contribution in [2.24, 2.45) is 0 Å². The van der Waals surface area contributed by atoms with E-state index in [4.69, 9.17) is 16.1 Å². The number of nitrogens with one attached hydrogen (secondary N) is 1. The number of carbonyl (C=O) groups is 1. The summed E-state index contributed by atoms with van der Waals surface area (Å²) in [4.78, 5) is 11.9. The van der Waals surface area contributed by atoms with E-state index in [0.29, 0.717) is 16.6 Å². The van der Waals surface area contributed by atoms with Gasteiger partial charge in [-0.15, -0.1) is 10.2 Å². The van der Waals surface area contributed by atoms with Gasteiger partial charge in [-0.1, -0.05) is 29.6 Å². The summed E-state index contributed by atoms with van der Waals surface area (Å²) < 4.78 is 7.43. The SMILES string of the molecule is CC(Nc1noc(-c2ccc(Cl)cc2)c1C(=O)O)c1nncn1C1CCCC1. The van der Waals surface area contributed by atoms with E-state index >= 15 is 0 Å². The van der Waals surface area contributed by atoms with E-state index in [1.165, 1.54) is 12.8 Å². The van der Waals surface area contributed by atoms with Crippen LogP contribution in [0.3, 0.4) is 0 Å². The number of hydrogen-bond acceptors (Lipinski definition) is 6. The van der Waals surface area contributed by atoms with Crippen molar-refractivity contribution in [3.05, 3.63) is 47.0 Å². The molecule has 0 radical (unpaired) electrons. The largest absolute Gasteiger partial charge is 0.477 e. The second kappa shape index (κ2) is 7.63. The summed E-state index contributed by atoms with van der Waals surface area (Å²) in [5, 5.41) is 25.6. The van der Waals surface area contributed by atoms with Gasteiger partial charge in [-0.2, -0.15) is 0 Å². The summed E-state index contributed by atoms with van der Waals surface area (Å²) in [5.41, 5.74) is 0.560. The zero-order chi connectivity index (χ0) is 19.7. The number of benzene rings is 1. The molecule has 146 valence electrons. The van der Waals surface area contributed by atoms with E-state index in [9.17, 15) is 9.90 Å². The lowest BCUT2D eigenvalue weighted by Gasteiger charge is -2.18. The summed E-state index contributed by atoms with van der Waals surface area (Å²) in [5.74, 6) is -0.0421. The summed E-state index contributed by atoms with van der Waals surface area (Å²) in [6.07, 6.45) is 6.33. The van der Waals surface area contributed by atoms with Crippen LogP contribution in [0.1, 0.15) is 60.9 Å². The third kappa shape index (κ3) is 3.47. The molecule has 0 saturated heterocycles. The van der Waals surface area contributed by atoms with Crippen molar-refractivity contribution in [3.63, 3.8) is 0 Å². The standard InChI is InChI=1S/C19H20ClN5O3/c1-11(18-23-21-10-25(18)14-4-2-3-5-14)22-17-15(19(26)27)16(28-24-17)12-6-8-13(20)9-7-12/h6-11,14H,2-5H2,1H3,(H,22,24)(H,26,27). The first-order chi connectivity index (χ1) is 13.5. The number of aromatic nitrogens is 4. The van der Waals surface area contributed by atoms with Crippen LogP contribution in [0.25, 0.3) is 11.3 Å². The number of hydrogen-bond donors (Lipinski definition) is 2. The van der Waals surface area contributed by atoms with E-state index in [1.54, 1.807) is 30.6 Å². The maximum absolute atomic E-state index is 11.9. The van der Waals surface area contributed by atoms with E-state index in [2.05, 4.69) is 25.2 Å². The third-order valence-corrected chi connectivity index (χ3v) is 5.32. The van der Waals surface area contributed by atoms with Gasteiger partial charge < -0.3 is 19.5 Å². The van der Waals surface area contributed by atoms with Gasteiger partial charge in [0.2, 0.25) is 0 Å². The molecule has 1 unspecified atom stereocenters. The van der Waals surface area contributed by atoms with Gasteiger partial charge in [-0.25, -0.2) is 4.79 Å². The molecule has 2 heterocycles. The number of carboxylic acid groups (broad SMARTS) is 1. The van der Waals surface area contributed by atoms with Crippen LogP contribution < -0.4 is 5.32 Å². The fourth-order valence-electron chi connectivity index (χ4n) is 3.68. The predicted molar refractivity (Wildman–Crippen MR) is 103 cm³/mol. The molecule has 1 saturated carbocycles. The molecule has 0 bridgehead atoms. The highest BCUT2D eigenvalue weighted by molar-refractivity contribution is 6.30. The van der Waals surface area contributed by atoms with Crippen LogP contribution in [-0.2, 0) is 0 Å². The molecular formula is C19H20ClN5O3. The fraction of sp³-hybridized carbons (Fsp3) is 0.368. The molecule has 1 aliphatic carbocycles. The molecule has 0 amide bonds. The van der Waals surface area contributed by atoms with Crippen molar-refractivity contribution in [1.82, 2.24) is 19.9 Å². The molecule has 1 aliphatic rings. The normalized spacial score (nSPS) is 15.6. The Kier molecular flexibility index (Phi) is 5.04. The van der Waals surface area contributed by atoms with Crippen molar-refractivity contribution in [3.8, 4) is 11.3 Å². The first-order valence-corrected chi connectivity index (χ1v) is 9.57. The molecule has 2 aromatic heterocycles. The Morgan fingerprint density at radius 1 is 1.32 bits per heavy atom. The highest BCUT2D eigenvalue weighted by Crippen LogP contribution is 2.34. The molecule has 28 heavy (non-hydrogen) atoms. The van der Waals surface area contributed by atoms with Crippen molar-refractivity contribution in [1.29, 1.82) is 0 Å². The molecule has 2 N–H and O–H groups in total. The maximum atomic E-state index is 11.9. The van der Waals surface area contributed by atoms with Crippen molar-refractivity contribution in [2.75, 3.05) is 5.32 Å². The van der Waals surface area contributed by atoms with Gasteiger partial charge in [0.1, 0.15) is 6.33 Å². The Hall–Kier alpha value is -2.87. The average Bonchev–Trinajstić information content (AvgIpc) is 3.42. The molecule has 0 aliphatic heterocycles. The Balaban J connectivity index is 1.62. The van der Waals surface area contributed by atoms with Gasteiger partial charge in [-0.05, 0) is 44.0 Å². The van der Waals surface area contributed by atoms with Crippen LogP contribution in [0.15, 0.2) is 35.1 Å². The van der Waals surface area contributed by atoms with E-state index < -0.39 is 5.97 Å². The summed E-state index contributed by atoms with van der Waals surface area (Å²) >= 11 is 5.91. The van der Waals surface area contributed by atoms with Crippen LogP contribution in [0, 0.1) is 0 Å². The van der Waals surface area contributed by atoms with Gasteiger partial charge in [-0.3, -0.25) is 0 Å². The van der Waals surface area contributed by atoms with Crippen molar-refractivity contribution < 1.29 is 14.4 Å². The lowest BCUT2D eigenvalue weighted by atomic mass is 10.1. The maximum Gasteiger partial charge on any atom is 0.343 e. The van der Waals surface area contributed by atoms with E-state index in [-0.39, 0.29) is 23.2 Å². The number of aromatic carboxylic acids is 1. The monoisotopic (exact) mass is 401 g/mol. The number of carboxylic acids is 1. The number of halogens is 1. The second-order valence-electron chi connectivity index (χ2n) is 6.95.